The highest BCUT2D eigenvalue weighted by Gasteiger charge is 2.25. The van der Waals surface area contributed by atoms with Crippen LogP contribution in [0.5, 0.6) is 0 Å². The van der Waals surface area contributed by atoms with Crippen molar-refractivity contribution in [2.45, 2.75) is 4.90 Å². The molecule has 2 aromatic heterocycles. The van der Waals surface area contributed by atoms with Crippen molar-refractivity contribution in [3.05, 3.63) is 90.8 Å². The Kier molecular flexibility index (Phi) is 6.76. The third-order valence-corrected chi connectivity index (χ3v) is 8.85. The molecule has 5 aromatic rings. The topological polar surface area (TPSA) is 146 Å². The third-order valence-electron chi connectivity index (χ3n) is 6.94. The number of primary amides is 1. The maximum atomic E-state index is 12.9. The molecule has 10 nitrogen and oxygen atoms in total. The second-order valence-corrected chi connectivity index (χ2v) is 11.4. The fourth-order valence-electron chi connectivity index (χ4n) is 4.79. The van der Waals surface area contributed by atoms with Crippen molar-refractivity contribution < 1.29 is 13.2 Å². The van der Waals surface area contributed by atoms with Gasteiger partial charge in [0.05, 0.1) is 16.2 Å². The number of hydrogen-bond acceptors (Lipinski definition) is 7. The highest BCUT2D eigenvalue weighted by atomic mass is 32.2. The zero-order chi connectivity index (χ0) is 27.7. The molecule has 40 heavy (non-hydrogen) atoms. The van der Waals surface area contributed by atoms with Crippen LogP contribution in [0.1, 0.15) is 10.4 Å². The maximum Gasteiger partial charge on any atom is 0.250 e. The van der Waals surface area contributed by atoms with Crippen LogP contribution in [0.25, 0.3) is 33.3 Å². The van der Waals surface area contributed by atoms with Crippen LogP contribution >= 0.6 is 0 Å². The van der Waals surface area contributed by atoms with Crippen LogP contribution in [0.15, 0.2) is 90.1 Å². The number of nitrogens with zero attached hydrogens (tertiary/aromatic N) is 3. The van der Waals surface area contributed by atoms with Crippen LogP contribution in [0, 0.1) is 0 Å². The summed E-state index contributed by atoms with van der Waals surface area (Å²) in [5, 5.41) is 7.18. The van der Waals surface area contributed by atoms with Gasteiger partial charge in [-0.15, -0.1) is 0 Å². The van der Waals surface area contributed by atoms with Gasteiger partial charge in [-0.1, -0.05) is 30.3 Å². The summed E-state index contributed by atoms with van der Waals surface area (Å²) >= 11 is 0. The number of amides is 1. The van der Waals surface area contributed by atoms with Gasteiger partial charge in [0, 0.05) is 60.7 Å². The van der Waals surface area contributed by atoms with Crippen molar-refractivity contribution in [2.75, 3.05) is 31.5 Å². The smallest absolute Gasteiger partial charge is 0.250 e. The van der Waals surface area contributed by atoms with Gasteiger partial charge in [-0.3, -0.25) is 4.79 Å². The van der Waals surface area contributed by atoms with Crippen LogP contribution < -0.4 is 16.4 Å². The van der Waals surface area contributed by atoms with E-state index < -0.39 is 15.9 Å². The average molecular weight is 554 g/mol. The number of anilines is 2. The van der Waals surface area contributed by atoms with Crippen LogP contribution in [0.2, 0.25) is 0 Å². The minimum absolute atomic E-state index is 0.271. The molecule has 1 saturated heterocycles. The number of H-pyrrole nitrogens is 1. The molecule has 0 saturated carbocycles. The van der Waals surface area contributed by atoms with Crippen molar-refractivity contribution >= 4 is 38.5 Å². The standard InChI is InChI=1S/C29H27N7O3S/c30-28(37)25-18-33-27-10-5-21(17-24(25)27)19-1-6-22(7-2-19)34-29-32-12-11-26(35-29)20-3-8-23(9-4-20)40(38,39)36-15-13-31-14-16-36/h1-12,17-18,31,33H,13-16H2,(H2,30,37)(H,32,34,35). The van der Waals surface area contributed by atoms with E-state index in [4.69, 9.17) is 5.73 Å². The van der Waals surface area contributed by atoms with Crippen LogP contribution in [0.4, 0.5) is 11.6 Å². The van der Waals surface area contributed by atoms with Crippen LogP contribution in [-0.2, 0) is 10.0 Å². The van der Waals surface area contributed by atoms with Crippen LogP contribution in [0.3, 0.4) is 0 Å². The molecule has 0 radical (unpaired) electrons. The molecule has 11 heteroatoms. The van der Waals surface area contributed by atoms with E-state index in [0.29, 0.717) is 43.4 Å². The Labute approximate surface area is 231 Å². The highest BCUT2D eigenvalue weighted by molar-refractivity contribution is 7.89. The fourth-order valence-corrected chi connectivity index (χ4v) is 6.23. The summed E-state index contributed by atoms with van der Waals surface area (Å²) in [5.74, 6) is -0.0519. The Balaban J connectivity index is 1.18. The average Bonchev–Trinajstić information content (AvgIpc) is 3.42. The molecule has 0 aliphatic carbocycles. The number of benzene rings is 3. The fraction of sp³-hybridized carbons (Fsp3) is 0.138. The Morgan fingerprint density at radius 1 is 0.900 bits per heavy atom. The van der Waals surface area contributed by atoms with Gasteiger partial charge in [-0.2, -0.15) is 4.31 Å². The number of aromatic amines is 1. The van der Waals surface area contributed by atoms with Crippen molar-refractivity contribution in [3.8, 4) is 22.4 Å². The number of nitrogens with two attached hydrogens (primary N) is 1. The minimum Gasteiger partial charge on any atom is -0.366 e. The lowest BCUT2D eigenvalue weighted by atomic mass is 10.0. The summed E-state index contributed by atoms with van der Waals surface area (Å²) < 4.78 is 27.4. The zero-order valence-corrected chi connectivity index (χ0v) is 22.3. The lowest BCUT2D eigenvalue weighted by Crippen LogP contribution is -2.46. The number of rotatable bonds is 7. The Morgan fingerprint density at radius 3 is 2.33 bits per heavy atom. The van der Waals surface area contributed by atoms with Gasteiger partial charge in [0.15, 0.2) is 0 Å². The van der Waals surface area contributed by atoms with Gasteiger partial charge in [-0.05, 0) is 53.6 Å². The normalized spacial score (nSPS) is 14.3. The first-order valence-corrected chi connectivity index (χ1v) is 14.3. The quantitative estimate of drug-likeness (QED) is 0.240. The predicted octanol–water partition coefficient (Wildman–Crippen LogP) is 3.73. The van der Waals surface area contributed by atoms with Gasteiger partial charge in [-0.25, -0.2) is 18.4 Å². The molecule has 1 aliphatic heterocycles. The van der Waals surface area contributed by atoms with E-state index in [1.54, 1.807) is 42.7 Å². The summed E-state index contributed by atoms with van der Waals surface area (Å²) in [6, 6.07) is 22.2. The third kappa shape index (κ3) is 5.05. The van der Waals surface area contributed by atoms with E-state index in [2.05, 4.69) is 25.6 Å². The number of piperazine rings is 1. The van der Waals surface area contributed by atoms with Gasteiger partial charge in [0.25, 0.3) is 5.91 Å². The molecule has 6 rings (SSSR count). The molecule has 1 amide bonds. The number of fused-ring (bicyclic) bond motifs is 1. The molecule has 0 atom stereocenters. The summed E-state index contributed by atoms with van der Waals surface area (Å²) in [7, 11) is -3.52. The molecule has 5 N–H and O–H groups in total. The van der Waals surface area contributed by atoms with Gasteiger partial charge >= 0.3 is 0 Å². The number of carbonyl (C=O) groups excluding carboxylic acids is 1. The summed E-state index contributed by atoms with van der Waals surface area (Å²) in [6.07, 6.45) is 3.29. The monoisotopic (exact) mass is 553 g/mol. The van der Waals surface area contributed by atoms with Gasteiger partial charge < -0.3 is 21.4 Å². The first kappa shape index (κ1) is 25.7. The maximum absolute atomic E-state index is 12.9. The number of carbonyl (C=O) groups is 1. The number of sulfonamides is 1. The number of aromatic nitrogens is 3. The molecular formula is C29H27N7O3S. The minimum atomic E-state index is -3.52. The lowest BCUT2D eigenvalue weighted by Gasteiger charge is -2.26. The zero-order valence-electron chi connectivity index (χ0n) is 21.5. The molecule has 3 heterocycles. The SMILES string of the molecule is NC(=O)c1c[nH]c2ccc(-c3ccc(Nc4nccc(-c5ccc(S(=O)(=O)N6CCNCC6)cc5)n4)cc3)cc12. The van der Waals surface area contributed by atoms with E-state index in [1.165, 1.54) is 4.31 Å². The van der Waals surface area contributed by atoms with E-state index >= 15 is 0 Å². The largest absolute Gasteiger partial charge is 0.366 e. The Morgan fingerprint density at radius 2 is 1.60 bits per heavy atom. The van der Waals surface area contributed by atoms with Crippen molar-refractivity contribution in [1.29, 1.82) is 0 Å². The summed E-state index contributed by atoms with van der Waals surface area (Å²) in [4.78, 5) is 24.0. The lowest BCUT2D eigenvalue weighted by molar-refractivity contribution is 0.100. The van der Waals surface area contributed by atoms with E-state index in [9.17, 15) is 13.2 Å². The van der Waals surface area contributed by atoms with E-state index in [1.807, 2.05) is 42.5 Å². The van der Waals surface area contributed by atoms with Crippen molar-refractivity contribution in [3.63, 3.8) is 0 Å². The van der Waals surface area contributed by atoms with Gasteiger partial charge in [0.2, 0.25) is 16.0 Å². The molecule has 0 spiro atoms. The first-order chi connectivity index (χ1) is 19.4. The first-order valence-electron chi connectivity index (χ1n) is 12.8. The molecule has 3 aromatic carbocycles. The second-order valence-electron chi connectivity index (χ2n) is 9.47. The molecule has 0 bridgehead atoms. The molecule has 1 fully saturated rings. The summed E-state index contributed by atoms with van der Waals surface area (Å²) in [6.45, 7) is 2.23. The van der Waals surface area contributed by atoms with E-state index in [0.717, 1.165) is 33.3 Å². The highest BCUT2D eigenvalue weighted by Crippen LogP contribution is 2.28. The predicted molar refractivity (Wildman–Crippen MR) is 155 cm³/mol. The summed E-state index contributed by atoms with van der Waals surface area (Å²) in [5.41, 5.74) is 11.0. The molecular weight excluding hydrogens is 526 g/mol. The van der Waals surface area contributed by atoms with Crippen molar-refractivity contribution in [2.24, 2.45) is 5.73 Å². The molecule has 202 valence electrons. The molecule has 0 unspecified atom stereocenters. The van der Waals surface area contributed by atoms with Crippen molar-refractivity contribution in [1.82, 2.24) is 24.6 Å². The second kappa shape index (κ2) is 10.5. The Hall–Kier alpha value is -4.58. The number of nitrogens with one attached hydrogen (secondary N) is 3. The van der Waals surface area contributed by atoms with E-state index in [-0.39, 0.29) is 4.90 Å². The Bertz CT molecular complexity index is 1790. The van der Waals surface area contributed by atoms with Crippen LogP contribution in [-0.4, -0.2) is 59.8 Å². The van der Waals surface area contributed by atoms with Gasteiger partial charge in [0.1, 0.15) is 0 Å². The molecule has 1 aliphatic rings. The number of hydrogen-bond donors (Lipinski definition) is 4.